The van der Waals surface area contributed by atoms with Crippen LogP contribution in [0, 0.1) is 5.82 Å². The van der Waals surface area contributed by atoms with Crippen LogP contribution in [-0.2, 0) is 12.8 Å². The molecule has 0 aliphatic heterocycles. The summed E-state index contributed by atoms with van der Waals surface area (Å²) in [7, 11) is 0. The minimum absolute atomic E-state index is 0.0452. The van der Waals surface area contributed by atoms with E-state index in [4.69, 9.17) is 0 Å². The molecule has 1 atom stereocenters. The lowest BCUT2D eigenvalue weighted by molar-refractivity contribution is 0.0929. The lowest BCUT2D eigenvalue weighted by atomic mass is 9.92. The van der Waals surface area contributed by atoms with Crippen LogP contribution in [0.25, 0.3) is 11.1 Å². The van der Waals surface area contributed by atoms with Gasteiger partial charge in [-0.25, -0.2) is 9.49 Å². The molecule has 0 saturated carbocycles. The van der Waals surface area contributed by atoms with Gasteiger partial charge >= 0.3 is 0 Å². The Morgan fingerprint density at radius 1 is 1.19 bits per heavy atom. The Labute approximate surface area is 148 Å². The number of aromatic amines is 2. The molecule has 1 aliphatic carbocycles. The van der Waals surface area contributed by atoms with Crippen LogP contribution in [0.2, 0.25) is 0 Å². The number of carbonyl (C=O) groups excluding carboxylic acids is 1. The molecule has 6 nitrogen and oxygen atoms in total. The number of hydrogen-bond donors (Lipinski definition) is 3. The van der Waals surface area contributed by atoms with E-state index in [-0.39, 0.29) is 23.3 Å². The number of hydrogen-bond acceptors (Lipinski definition) is 3. The number of amides is 1. The summed E-state index contributed by atoms with van der Waals surface area (Å²) < 4.78 is 13.0. The van der Waals surface area contributed by atoms with Gasteiger partial charge in [-0.2, -0.15) is 5.10 Å². The van der Waals surface area contributed by atoms with Gasteiger partial charge in [0.05, 0.1) is 5.69 Å². The predicted molar refractivity (Wildman–Crippen MR) is 94.3 cm³/mol. The van der Waals surface area contributed by atoms with E-state index in [1.165, 1.54) is 12.1 Å². The molecular formula is C19H17FN4O2. The normalized spacial score (nSPS) is 16.1. The van der Waals surface area contributed by atoms with Crippen LogP contribution in [0.4, 0.5) is 4.39 Å². The largest absolute Gasteiger partial charge is 0.357 e. The first-order valence-corrected chi connectivity index (χ1v) is 8.41. The zero-order valence-electron chi connectivity index (χ0n) is 13.9. The lowest BCUT2D eigenvalue weighted by Crippen LogP contribution is -2.39. The van der Waals surface area contributed by atoms with E-state index < -0.39 is 0 Å². The Morgan fingerprint density at radius 2 is 2.00 bits per heavy atom. The van der Waals surface area contributed by atoms with Crippen molar-refractivity contribution in [2.75, 3.05) is 0 Å². The Kier molecular flexibility index (Phi) is 4.12. The number of aromatic nitrogens is 3. The maximum Gasteiger partial charge on any atom is 0.267 e. The van der Waals surface area contributed by atoms with Crippen LogP contribution in [0.3, 0.4) is 0 Å². The molecule has 26 heavy (non-hydrogen) atoms. The fraction of sp³-hybridized carbons (Fsp3) is 0.211. The molecule has 2 heterocycles. The van der Waals surface area contributed by atoms with Gasteiger partial charge < -0.3 is 10.3 Å². The van der Waals surface area contributed by atoms with Crippen LogP contribution in [0.15, 0.2) is 47.4 Å². The van der Waals surface area contributed by atoms with Crippen LogP contribution < -0.4 is 10.9 Å². The van der Waals surface area contributed by atoms with Crippen molar-refractivity contribution in [2.24, 2.45) is 0 Å². The first-order valence-electron chi connectivity index (χ1n) is 8.41. The summed E-state index contributed by atoms with van der Waals surface area (Å²) in [6.07, 6.45) is 3.79. The highest BCUT2D eigenvalue weighted by molar-refractivity contribution is 5.94. The zero-order chi connectivity index (χ0) is 18.1. The van der Waals surface area contributed by atoms with Crippen LogP contribution in [-0.4, -0.2) is 27.1 Å². The highest BCUT2D eigenvalue weighted by atomic mass is 19.1. The monoisotopic (exact) mass is 352 g/mol. The summed E-state index contributed by atoms with van der Waals surface area (Å²) in [4.78, 5) is 26.9. The van der Waals surface area contributed by atoms with Crippen LogP contribution >= 0.6 is 0 Å². The fourth-order valence-corrected chi connectivity index (χ4v) is 3.26. The Hall–Kier alpha value is -3.22. The van der Waals surface area contributed by atoms with E-state index in [2.05, 4.69) is 20.5 Å². The standard InChI is InChI=1S/C19H17FN4O2/c20-14-3-1-11(2-4-14)13-8-17(21-10-13)19(26)22-15-5-6-16-12(7-15)9-18(25)24-23-16/h1-4,8-10,15,21H,5-7H2,(H,22,26)(H,24,25)/t15-/m0/s1. The van der Waals surface area contributed by atoms with E-state index in [1.54, 1.807) is 30.5 Å². The summed E-state index contributed by atoms with van der Waals surface area (Å²) in [6, 6.07) is 9.35. The number of halogens is 1. The molecule has 0 spiro atoms. The van der Waals surface area contributed by atoms with Crippen molar-refractivity contribution in [1.82, 2.24) is 20.5 Å². The summed E-state index contributed by atoms with van der Waals surface area (Å²) in [5.41, 5.74) is 3.62. The molecule has 2 aromatic heterocycles. The van der Waals surface area contributed by atoms with E-state index in [0.29, 0.717) is 18.5 Å². The van der Waals surface area contributed by atoms with Crippen LogP contribution in [0.1, 0.15) is 28.2 Å². The Morgan fingerprint density at radius 3 is 2.81 bits per heavy atom. The second-order valence-corrected chi connectivity index (χ2v) is 6.43. The van der Waals surface area contributed by atoms with Gasteiger partial charge in [-0.05, 0) is 54.2 Å². The zero-order valence-corrected chi connectivity index (χ0v) is 13.9. The van der Waals surface area contributed by atoms with Gasteiger partial charge in [0.1, 0.15) is 11.5 Å². The van der Waals surface area contributed by atoms with Crippen molar-refractivity contribution < 1.29 is 9.18 Å². The average Bonchev–Trinajstić information content (AvgIpc) is 3.12. The maximum atomic E-state index is 13.0. The third-order valence-electron chi connectivity index (χ3n) is 4.61. The Bertz CT molecular complexity index is 1010. The van der Waals surface area contributed by atoms with E-state index in [0.717, 1.165) is 28.8 Å². The molecule has 1 amide bonds. The number of benzene rings is 1. The highest BCUT2D eigenvalue weighted by Gasteiger charge is 2.22. The van der Waals surface area contributed by atoms with Gasteiger partial charge in [0, 0.05) is 18.3 Å². The summed E-state index contributed by atoms with van der Waals surface area (Å²) >= 11 is 0. The number of nitrogens with one attached hydrogen (secondary N) is 3. The molecule has 7 heteroatoms. The molecule has 0 fully saturated rings. The molecule has 3 N–H and O–H groups in total. The average molecular weight is 352 g/mol. The maximum absolute atomic E-state index is 13.0. The summed E-state index contributed by atoms with van der Waals surface area (Å²) in [6.45, 7) is 0. The van der Waals surface area contributed by atoms with Crippen molar-refractivity contribution in [1.29, 1.82) is 0 Å². The lowest BCUT2D eigenvalue weighted by Gasteiger charge is -2.24. The van der Waals surface area contributed by atoms with E-state index in [1.807, 2.05) is 0 Å². The van der Waals surface area contributed by atoms with E-state index in [9.17, 15) is 14.0 Å². The highest BCUT2D eigenvalue weighted by Crippen LogP contribution is 2.21. The van der Waals surface area contributed by atoms with Crippen LogP contribution in [0.5, 0.6) is 0 Å². The molecule has 1 aliphatic rings. The van der Waals surface area contributed by atoms with Gasteiger partial charge in [0.2, 0.25) is 0 Å². The molecule has 1 aromatic carbocycles. The van der Waals surface area contributed by atoms with Gasteiger partial charge in [-0.3, -0.25) is 9.59 Å². The molecule has 0 unspecified atom stereocenters. The van der Waals surface area contributed by atoms with Crippen molar-refractivity contribution >= 4 is 5.91 Å². The SMILES string of the molecule is O=C(N[C@H]1CCc2n[nH]c(=O)cc2C1)c1cc(-c2ccc(F)cc2)c[nH]1. The van der Waals surface area contributed by atoms with Crippen molar-refractivity contribution in [3.05, 3.63) is 75.7 Å². The number of rotatable bonds is 3. The van der Waals surface area contributed by atoms with Crippen molar-refractivity contribution in [3.8, 4) is 11.1 Å². The quantitative estimate of drug-likeness (QED) is 0.675. The first-order chi connectivity index (χ1) is 12.6. The second kappa shape index (κ2) is 6.59. The molecular weight excluding hydrogens is 335 g/mol. The van der Waals surface area contributed by atoms with Gasteiger partial charge in [0.25, 0.3) is 11.5 Å². The third kappa shape index (κ3) is 3.28. The third-order valence-corrected chi connectivity index (χ3v) is 4.61. The van der Waals surface area contributed by atoms with E-state index >= 15 is 0 Å². The van der Waals surface area contributed by atoms with Crippen molar-refractivity contribution in [2.45, 2.75) is 25.3 Å². The summed E-state index contributed by atoms with van der Waals surface area (Å²) in [5, 5.41) is 9.49. The van der Waals surface area contributed by atoms with Gasteiger partial charge in [0.15, 0.2) is 0 Å². The molecule has 0 bridgehead atoms. The smallest absolute Gasteiger partial charge is 0.267 e. The number of nitrogens with zero attached hydrogens (tertiary/aromatic N) is 1. The Balaban J connectivity index is 1.46. The van der Waals surface area contributed by atoms with Gasteiger partial charge in [-0.15, -0.1) is 0 Å². The molecule has 0 saturated heterocycles. The van der Waals surface area contributed by atoms with Gasteiger partial charge in [-0.1, -0.05) is 12.1 Å². The number of H-pyrrole nitrogens is 2. The number of carbonyl (C=O) groups is 1. The molecule has 3 aromatic rings. The molecule has 4 rings (SSSR count). The first kappa shape index (κ1) is 16.3. The molecule has 0 radical (unpaired) electrons. The topological polar surface area (TPSA) is 90.6 Å². The molecule has 132 valence electrons. The minimum atomic E-state index is -0.298. The minimum Gasteiger partial charge on any atom is -0.357 e. The number of fused-ring (bicyclic) bond motifs is 1. The fourth-order valence-electron chi connectivity index (χ4n) is 3.26. The number of aryl methyl sites for hydroxylation is 1. The summed E-state index contributed by atoms with van der Waals surface area (Å²) in [5.74, 6) is -0.502. The second-order valence-electron chi connectivity index (χ2n) is 6.43. The predicted octanol–water partition coefficient (Wildman–Crippen LogP) is 2.19. The van der Waals surface area contributed by atoms with Crippen molar-refractivity contribution in [3.63, 3.8) is 0 Å².